The summed E-state index contributed by atoms with van der Waals surface area (Å²) in [6.07, 6.45) is 0.350. The maximum Gasteiger partial charge on any atom is 0.511 e. The Balaban J connectivity index is 2.75. The predicted octanol–water partition coefficient (Wildman–Crippen LogP) is 0.247. The molecule has 0 bridgehead atoms. The molecule has 6 nitrogen and oxygen atoms in total. The van der Waals surface area contributed by atoms with Crippen LogP contribution in [0.2, 0.25) is 0 Å². The quantitative estimate of drug-likeness (QED) is 0.659. The zero-order chi connectivity index (χ0) is 13.9. The number of nitrogens with one attached hydrogen (secondary N) is 1. The van der Waals surface area contributed by atoms with E-state index in [1.165, 1.54) is 0 Å². The average molecular weight is 256 g/mol. The van der Waals surface area contributed by atoms with Crippen LogP contribution >= 0.6 is 0 Å². The minimum absolute atomic E-state index is 0.0613. The third-order valence-electron chi connectivity index (χ3n) is 1.76. The Kier molecular flexibility index (Phi) is 4.26. The van der Waals surface area contributed by atoms with E-state index in [0.717, 1.165) is 12.3 Å². The van der Waals surface area contributed by atoms with Gasteiger partial charge in [0.1, 0.15) is 17.0 Å². The summed E-state index contributed by atoms with van der Waals surface area (Å²) in [5, 5.41) is 19.8. The minimum Gasteiger partial charge on any atom is -0.444 e. The van der Waals surface area contributed by atoms with E-state index in [4.69, 9.17) is 14.8 Å². The van der Waals surface area contributed by atoms with Crippen LogP contribution in [0.5, 0.6) is 0 Å². The Morgan fingerprint density at radius 2 is 2.11 bits per heavy atom. The second kappa shape index (κ2) is 5.32. The molecule has 18 heavy (non-hydrogen) atoms. The first-order valence-corrected chi connectivity index (χ1v) is 5.20. The van der Waals surface area contributed by atoms with Crippen molar-refractivity contribution in [1.29, 1.82) is 0 Å². The summed E-state index contributed by atoms with van der Waals surface area (Å²) in [7, 11) is -2.00. The second-order valence-corrected chi connectivity index (χ2v) is 4.59. The lowest BCUT2D eigenvalue weighted by molar-refractivity contribution is 0.0636. The third kappa shape index (κ3) is 4.30. The van der Waals surface area contributed by atoms with Gasteiger partial charge in [-0.25, -0.2) is 9.18 Å². The van der Waals surface area contributed by atoms with E-state index in [-0.39, 0.29) is 5.69 Å². The van der Waals surface area contributed by atoms with E-state index in [1.807, 2.05) is 0 Å². The number of amides is 1. The number of ether oxygens (including phenoxy) is 1. The molecule has 0 atom stereocenters. The van der Waals surface area contributed by atoms with Gasteiger partial charge in [0.25, 0.3) is 0 Å². The van der Waals surface area contributed by atoms with Crippen molar-refractivity contribution in [2.24, 2.45) is 0 Å². The molecule has 1 heterocycles. The first kappa shape index (κ1) is 14.4. The van der Waals surface area contributed by atoms with Gasteiger partial charge >= 0.3 is 13.2 Å². The molecule has 1 amide bonds. The van der Waals surface area contributed by atoms with E-state index in [2.05, 4.69) is 10.3 Å². The van der Waals surface area contributed by atoms with Gasteiger partial charge in [0.05, 0.1) is 11.9 Å². The zero-order valence-corrected chi connectivity index (χ0v) is 10.3. The van der Waals surface area contributed by atoms with E-state index < -0.39 is 30.2 Å². The van der Waals surface area contributed by atoms with Crippen LogP contribution in [0.15, 0.2) is 12.3 Å². The number of carbonyl (C=O) groups is 1. The lowest BCUT2D eigenvalue weighted by atomic mass is 9.85. The van der Waals surface area contributed by atoms with Crippen molar-refractivity contribution in [3.8, 4) is 0 Å². The SMILES string of the molecule is CC(C)(C)OC(=O)Nc1cnc(B(O)O)c(F)c1. The largest absolute Gasteiger partial charge is 0.511 e. The highest BCUT2D eigenvalue weighted by molar-refractivity contribution is 6.57. The van der Waals surface area contributed by atoms with Gasteiger partial charge < -0.3 is 14.8 Å². The summed E-state index contributed by atoms with van der Waals surface area (Å²) in [5.41, 5.74) is -1.12. The molecule has 1 aromatic rings. The molecular weight excluding hydrogens is 242 g/mol. The van der Waals surface area contributed by atoms with Crippen LogP contribution in [0.25, 0.3) is 0 Å². The van der Waals surface area contributed by atoms with E-state index in [9.17, 15) is 9.18 Å². The van der Waals surface area contributed by atoms with Gasteiger partial charge in [-0.1, -0.05) is 0 Å². The number of hydrogen-bond donors (Lipinski definition) is 3. The highest BCUT2D eigenvalue weighted by atomic mass is 19.1. The van der Waals surface area contributed by atoms with Crippen molar-refractivity contribution in [1.82, 2.24) is 4.98 Å². The van der Waals surface area contributed by atoms with Crippen LogP contribution in [0.3, 0.4) is 0 Å². The van der Waals surface area contributed by atoms with Crippen LogP contribution in [-0.2, 0) is 4.74 Å². The van der Waals surface area contributed by atoms with E-state index >= 15 is 0 Å². The smallest absolute Gasteiger partial charge is 0.444 e. The number of hydrogen-bond acceptors (Lipinski definition) is 5. The van der Waals surface area contributed by atoms with Crippen LogP contribution < -0.4 is 10.9 Å². The Morgan fingerprint density at radius 1 is 1.50 bits per heavy atom. The summed E-state index contributed by atoms with van der Waals surface area (Å²) in [4.78, 5) is 14.9. The highest BCUT2D eigenvalue weighted by Gasteiger charge is 2.20. The number of nitrogens with zero attached hydrogens (tertiary/aromatic N) is 1. The summed E-state index contributed by atoms with van der Waals surface area (Å²) < 4.78 is 18.3. The Hall–Kier alpha value is -1.67. The fourth-order valence-electron chi connectivity index (χ4n) is 1.13. The predicted molar refractivity (Wildman–Crippen MR) is 63.9 cm³/mol. The number of halogens is 1. The van der Waals surface area contributed by atoms with Gasteiger partial charge in [0.15, 0.2) is 0 Å². The van der Waals surface area contributed by atoms with Gasteiger partial charge in [0, 0.05) is 6.07 Å². The van der Waals surface area contributed by atoms with E-state index in [0.29, 0.717) is 0 Å². The number of aromatic nitrogens is 1. The van der Waals surface area contributed by atoms with Gasteiger partial charge in [-0.05, 0) is 20.8 Å². The molecule has 0 aromatic carbocycles. The molecule has 0 radical (unpaired) electrons. The molecule has 0 fully saturated rings. The lowest BCUT2D eigenvalue weighted by Crippen LogP contribution is -2.35. The number of rotatable bonds is 2. The van der Waals surface area contributed by atoms with Crippen molar-refractivity contribution in [3.05, 3.63) is 18.1 Å². The van der Waals surface area contributed by atoms with Crippen LogP contribution in [0.4, 0.5) is 14.9 Å². The molecule has 8 heteroatoms. The normalized spacial score (nSPS) is 11.0. The van der Waals surface area contributed by atoms with Crippen molar-refractivity contribution in [2.45, 2.75) is 26.4 Å². The number of anilines is 1. The Morgan fingerprint density at radius 3 is 2.56 bits per heavy atom. The summed E-state index contributed by atoms with van der Waals surface area (Å²) in [5.74, 6) is -0.932. The Labute approximate surface area is 104 Å². The highest BCUT2D eigenvalue weighted by Crippen LogP contribution is 2.11. The summed E-state index contributed by atoms with van der Waals surface area (Å²) >= 11 is 0. The van der Waals surface area contributed by atoms with Crippen LogP contribution in [0, 0.1) is 5.82 Å². The molecule has 1 rings (SSSR count). The summed E-state index contributed by atoms with van der Waals surface area (Å²) in [6, 6.07) is 0.922. The molecule has 0 aliphatic rings. The monoisotopic (exact) mass is 256 g/mol. The molecule has 0 spiro atoms. The topological polar surface area (TPSA) is 91.7 Å². The molecular formula is C10H14BFN2O4. The maximum atomic E-state index is 13.3. The van der Waals surface area contributed by atoms with Gasteiger partial charge in [-0.15, -0.1) is 0 Å². The fourth-order valence-corrected chi connectivity index (χ4v) is 1.13. The lowest BCUT2D eigenvalue weighted by Gasteiger charge is -2.19. The van der Waals surface area contributed by atoms with Gasteiger partial charge in [0.2, 0.25) is 0 Å². The maximum absolute atomic E-state index is 13.3. The second-order valence-electron chi connectivity index (χ2n) is 4.59. The minimum atomic E-state index is -2.00. The number of carbonyl (C=O) groups excluding carboxylic acids is 1. The molecule has 0 unspecified atom stereocenters. The first-order chi connectivity index (χ1) is 8.19. The van der Waals surface area contributed by atoms with Crippen molar-refractivity contribution < 1.29 is 24.0 Å². The van der Waals surface area contributed by atoms with Gasteiger partial charge in [-0.3, -0.25) is 10.3 Å². The molecule has 0 saturated carbocycles. The average Bonchev–Trinajstić information content (AvgIpc) is 2.13. The first-order valence-electron chi connectivity index (χ1n) is 5.20. The molecule has 0 aliphatic carbocycles. The fraction of sp³-hybridized carbons (Fsp3) is 0.400. The van der Waals surface area contributed by atoms with Crippen LogP contribution in [-0.4, -0.2) is 33.8 Å². The van der Waals surface area contributed by atoms with Crippen molar-refractivity contribution in [3.63, 3.8) is 0 Å². The molecule has 98 valence electrons. The molecule has 3 N–H and O–H groups in total. The third-order valence-corrected chi connectivity index (χ3v) is 1.76. The Bertz CT molecular complexity index is 448. The zero-order valence-electron chi connectivity index (χ0n) is 10.3. The number of pyridine rings is 1. The molecule has 1 aromatic heterocycles. The molecule has 0 saturated heterocycles. The summed E-state index contributed by atoms with van der Waals surface area (Å²) in [6.45, 7) is 5.07. The molecule has 0 aliphatic heterocycles. The van der Waals surface area contributed by atoms with Crippen molar-refractivity contribution in [2.75, 3.05) is 5.32 Å². The van der Waals surface area contributed by atoms with Crippen LogP contribution in [0.1, 0.15) is 20.8 Å². The van der Waals surface area contributed by atoms with Gasteiger partial charge in [-0.2, -0.15) is 0 Å². The van der Waals surface area contributed by atoms with Crippen molar-refractivity contribution >= 4 is 24.5 Å². The van der Waals surface area contributed by atoms with E-state index in [1.54, 1.807) is 20.8 Å². The standard InChI is InChI=1S/C10H14BFN2O4/c1-10(2,3)18-9(15)14-6-4-7(12)8(11(16)17)13-5-6/h4-5,16-17H,1-3H3,(H,14,15).